The molecule has 0 saturated carbocycles. The Kier molecular flexibility index (Phi) is 5.49. The van der Waals surface area contributed by atoms with Crippen molar-refractivity contribution in [2.24, 2.45) is 0 Å². The van der Waals surface area contributed by atoms with E-state index < -0.39 is 0 Å². The molecule has 2 aromatic rings. The zero-order chi connectivity index (χ0) is 19.6. The lowest BCUT2D eigenvalue weighted by molar-refractivity contribution is 0.0526. The van der Waals surface area contributed by atoms with Crippen LogP contribution in [0.5, 0.6) is 5.88 Å². The first-order valence-corrected chi connectivity index (χ1v) is 9.61. The monoisotopic (exact) mass is 367 g/mol. The summed E-state index contributed by atoms with van der Waals surface area (Å²) in [6, 6.07) is 9.82. The first-order valence-electron chi connectivity index (χ1n) is 9.61. The molecule has 1 unspecified atom stereocenters. The molecule has 0 N–H and O–H groups in total. The lowest BCUT2D eigenvalue weighted by atomic mass is 9.86. The first-order chi connectivity index (χ1) is 12.7. The molecule has 1 fully saturated rings. The van der Waals surface area contributed by atoms with Crippen molar-refractivity contribution in [3.8, 4) is 5.88 Å². The summed E-state index contributed by atoms with van der Waals surface area (Å²) in [7, 11) is 0. The molecule has 144 valence electrons. The largest absolute Gasteiger partial charge is 0.472 e. The van der Waals surface area contributed by atoms with Crippen LogP contribution < -0.4 is 4.74 Å². The van der Waals surface area contributed by atoms with Gasteiger partial charge in [0.25, 0.3) is 5.91 Å². The third-order valence-corrected chi connectivity index (χ3v) is 4.89. The number of ether oxygens (including phenoxy) is 1. The minimum absolute atomic E-state index is 0.0368. The SMILES string of the molecule is Cc1cc(OC2CCCN(C(=O)c3ccc(C(C)(C)C)cc3)C2)nc(C)n1. The Labute approximate surface area is 161 Å². The van der Waals surface area contributed by atoms with E-state index in [2.05, 4.69) is 42.9 Å². The van der Waals surface area contributed by atoms with Gasteiger partial charge in [0.2, 0.25) is 5.88 Å². The molecule has 1 saturated heterocycles. The second kappa shape index (κ2) is 7.67. The normalized spacial score (nSPS) is 17.7. The van der Waals surface area contributed by atoms with Gasteiger partial charge in [0.05, 0.1) is 6.54 Å². The van der Waals surface area contributed by atoms with Gasteiger partial charge in [0, 0.05) is 23.9 Å². The van der Waals surface area contributed by atoms with Crippen LogP contribution >= 0.6 is 0 Å². The van der Waals surface area contributed by atoms with Gasteiger partial charge in [-0.25, -0.2) is 4.98 Å². The van der Waals surface area contributed by atoms with Crippen LogP contribution in [0, 0.1) is 13.8 Å². The molecule has 1 aliphatic rings. The molecule has 2 heterocycles. The summed E-state index contributed by atoms with van der Waals surface area (Å²) in [5.41, 5.74) is 2.94. The zero-order valence-corrected chi connectivity index (χ0v) is 17.0. The number of carbonyl (C=O) groups is 1. The number of carbonyl (C=O) groups excluding carboxylic acids is 1. The highest BCUT2D eigenvalue weighted by Crippen LogP contribution is 2.23. The van der Waals surface area contributed by atoms with E-state index in [1.807, 2.05) is 36.9 Å². The van der Waals surface area contributed by atoms with E-state index in [9.17, 15) is 4.79 Å². The summed E-state index contributed by atoms with van der Waals surface area (Å²) < 4.78 is 6.05. The topological polar surface area (TPSA) is 55.3 Å². The lowest BCUT2D eigenvalue weighted by Gasteiger charge is -2.33. The van der Waals surface area contributed by atoms with Crippen molar-refractivity contribution in [3.63, 3.8) is 0 Å². The van der Waals surface area contributed by atoms with E-state index in [1.165, 1.54) is 5.56 Å². The molecule has 5 heteroatoms. The summed E-state index contributed by atoms with van der Waals surface area (Å²) >= 11 is 0. The van der Waals surface area contributed by atoms with Gasteiger partial charge < -0.3 is 9.64 Å². The third-order valence-electron chi connectivity index (χ3n) is 4.89. The number of hydrogen-bond donors (Lipinski definition) is 0. The molecule has 1 aromatic carbocycles. The molecule has 0 radical (unpaired) electrons. The van der Waals surface area contributed by atoms with Crippen LogP contribution in [0.2, 0.25) is 0 Å². The van der Waals surface area contributed by atoms with Gasteiger partial charge >= 0.3 is 0 Å². The van der Waals surface area contributed by atoms with Gasteiger partial charge in [-0.3, -0.25) is 4.79 Å². The maximum Gasteiger partial charge on any atom is 0.253 e. The van der Waals surface area contributed by atoms with E-state index in [0.29, 0.717) is 18.2 Å². The van der Waals surface area contributed by atoms with Gasteiger partial charge in [0.15, 0.2) is 0 Å². The Hall–Kier alpha value is -2.43. The summed E-state index contributed by atoms with van der Waals surface area (Å²) in [4.78, 5) is 23.4. The van der Waals surface area contributed by atoms with E-state index in [1.54, 1.807) is 0 Å². The average molecular weight is 367 g/mol. The van der Waals surface area contributed by atoms with E-state index >= 15 is 0 Å². The number of likely N-dealkylation sites (tertiary alicyclic amines) is 1. The molecule has 27 heavy (non-hydrogen) atoms. The lowest BCUT2D eigenvalue weighted by Crippen LogP contribution is -2.44. The van der Waals surface area contributed by atoms with Crippen molar-refractivity contribution in [3.05, 3.63) is 53.0 Å². The van der Waals surface area contributed by atoms with Crippen molar-refractivity contribution in [1.82, 2.24) is 14.9 Å². The molecular weight excluding hydrogens is 338 g/mol. The van der Waals surface area contributed by atoms with E-state index in [4.69, 9.17) is 4.74 Å². The number of aromatic nitrogens is 2. The molecule has 1 aliphatic heterocycles. The fourth-order valence-electron chi connectivity index (χ4n) is 3.43. The molecule has 1 aromatic heterocycles. The highest BCUT2D eigenvalue weighted by atomic mass is 16.5. The Balaban J connectivity index is 1.67. The summed E-state index contributed by atoms with van der Waals surface area (Å²) in [6.07, 6.45) is 1.82. The number of rotatable bonds is 3. The molecule has 0 aliphatic carbocycles. The van der Waals surface area contributed by atoms with Crippen LogP contribution in [-0.2, 0) is 5.41 Å². The molecular formula is C22H29N3O2. The highest BCUT2D eigenvalue weighted by molar-refractivity contribution is 5.94. The van der Waals surface area contributed by atoms with Crippen LogP contribution in [0.3, 0.4) is 0 Å². The second-order valence-corrected chi connectivity index (χ2v) is 8.36. The van der Waals surface area contributed by atoms with Crippen LogP contribution in [0.4, 0.5) is 0 Å². The molecule has 3 rings (SSSR count). The Morgan fingerprint density at radius 1 is 1.15 bits per heavy atom. The average Bonchev–Trinajstić information content (AvgIpc) is 2.60. The molecule has 0 spiro atoms. The van der Waals surface area contributed by atoms with Crippen LogP contribution in [0.1, 0.15) is 61.1 Å². The van der Waals surface area contributed by atoms with Gasteiger partial charge in [-0.2, -0.15) is 4.98 Å². The summed E-state index contributed by atoms with van der Waals surface area (Å²) in [6.45, 7) is 11.7. The Morgan fingerprint density at radius 2 is 1.85 bits per heavy atom. The Bertz CT molecular complexity index is 789. The molecule has 1 amide bonds. The molecule has 1 atom stereocenters. The smallest absolute Gasteiger partial charge is 0.253 e. The number of hydrogen-bond acceptors (Lipinski definition) is 4. The minimum Gasteiger partial charge on any atom is -0.472 e. The predicted octanol–water partition coefficient (Wildman–Crippen LogP) is 4.07. The van der Waals surface area contributed by atoms with Gasteiger partial charge in [0.1, 0.15) is 11.9 Å². The highest BCUT2D eigenvalue weighted by Gasteiger charge is 2.26. The van der Waals surface area contributed by atoms with E-state index in [0.717, 1.165) is 30.6 Å². The van der Waals surface area contributed by atoms with Crippen molar-refractivity contribution >= 4 is 5.91 Å². The minimum atomic E-state index is -0.0368. The van der Waals surface area contributed by atoms with Gasteiger partial charge in [-0.1, -0.05) is 32.9 Å². The van der Waals surface area contributed by atoms with Gasteiger partial charge in [-0.15, -0.1) is 0 Å². The fourth-order valence-corrected chi connectivity index (χ4v) is 3.43. The number of aryl methyl sites for hydroxylation is 2. The summed E-state index contributed by atoms with van der Waals surface area (Å²) in [5, 5.41) is 0. The number of piperidine rings is 1. The quantitative estimate of drug-likeness (QED) is 0.820. The zero-order valence-electron chi connectivity index (χ0n) is 17.0. The van der Waals surface area contributed by atoms with Crippen molar-refractivity contribution in [2.45, 2.75) is 59.0 Å². The van der Waals surface area contributed by atoms with Crippen LogP contribution in [-0.4, -0.2) is 40.0 Å². The van der Waals surface area contributed by atoms with Crippen molar-refractivity contribution in [1.29, 1.82) is 0 Å². The predicted molar refractivity (Wildman–Crippen MR) is 106 cm³/mol. The van der Waals surface area contributed by atoms with E-state index in [-0.39, 0.29) is 17.4 Å². The number of benzene rings is 1. The molecule has 0 bridgehead atoms. The van der Waals surface area contributed by atoms with Crippen LogP contribution in [0.25, 0.3) is 0 Å². The second-order valence-electron chi connectivity index (χ2n) is 8.36. The van der Waals surface area contributed by atoms with Crippen LogP contribution in [0.15, 0.2) is 30.3 Å². The summed E-state index contributed by atoms with van der Waals surface area (Å²) in [5.74, 6) is 1.36. The standard InChI is InChI=1S/C22H29N3O2/c1-15-13-20(24-16(2)23-15)27-19-7-6-12-25(14-19)21(26)17-8-10-18(11-9-17)22(3,4)5/h8-11,13,19H,6-7,12,14H2,1-5H3. The number of amides is 1. The van der Waals surface area contributed by atoms with Crippen molar-refractivity contribution in [2.75, 3.05) is 13.1 Å². The first kappa shape index (κ1) is 19.3. The van der Waals surface area contributed by atoms with Gasteiger partial charge in [-0.05, 0) is 49.8 Å². The Morgan fingerprint density at radius 3 is 2.48 bits per heavy atom. The molecule has 5 nitrogen and oxygen atoms in total. The maximum absolute atomic E-state index is 12.9. The van der Waals surface area contributed by atoms with Crippen molar-refractivity contribution < 1.29 is 9.53 Å². The third kappa shape index (κ3) is 4.85. The fraction of sp³-hybridized carbons (Fsp3) is 0.500. The maximum atomic E-state index is 12.9. The number of nitrogens with zero attached hydrogens (tertiary/aromatic N) is 3.